The molecule has 1 fully saturated rings. The van der Waals surface area contributed by atoms with Gasteiger partial charge in [-0.1, -0.05) is 82.3 Å². The van der Waals surface area contributed by atoms with Crippen LogP contribution in [0.4, 0.5) is 0 Å². The van der Waals surface area contributed by atoms with Crippen molar-refractivity contribution in [1.29, 1.82) is 0 Å². The smallest absolute Gasteiger partial charge is 0.122 e. The molecule has 0 atom stereocenters. The SMILES string of the molecule is Cc1cc(C(C)C)c(O)c(C(c2cc(C)cc(C(C)C)c2O)C2CCCCC2)c1. The summed E-state index contributed by atoms with van der Waals surface area (Å²) >= 11 is 0. The normalized spacial score (nSPS) is 15.6. The lowest BCUT2D eigenvalue weighted by atomic mass is 9.71. The molecule has 2 nitrogen and oxygen atoms in total. The van der Waals surface area contributed by atoms with Gasteiger partial charge in [0.25, 0.3) is 0 Å². The van der Waals surface area contributed by atoms with Gasteiger partial charge in [-0.15, -0.1) is 0 Å². The Bertz CT molecular complexity index is 794. The number of aryl methyl sites for hydroxylation is 2. The van der Waals surface area contributed by atoms with Crippen LogP contribution in [0.2, 0.25) is 0 Å². The van der Waals surface area contributed by atoms with Crippen molar-refractivity contribution in [1.82, 2.24) is 0 Å². The number of benzene rings is 2. The first kappa shape index (κ1) is 21.7. The maximum Gasteiger partial charge on any atom is 0.122 e. The van der Waals surface area contributed by atoms with Crippen molar-refractivity contribution in [3.8, 4) is 11.5 Å². The molecule has 2 aromatic carbocycles. The lowest BCUT2D eigenvalue weighted by Gasteiger charge is -2.33. The topological polar surface area (TPSA) is 40.5 Å². The molecule has 1 saturated carbocycles. The van der Waals surface area contributed by atoms with E-state index < -0.39 is 0 Å². The molecule has 29 heavy (non-hydrogen) atoms. The second-order valence-electron chi connectivity index (χ2n) is 9.77. The molecule has 3 rings (SSSR count). The number of phenolic OH excluding ortho intramolecular Hbond substituents is 2. The Morgan fingerprint density at radius 1 is 0.655 bits per heavy atom. The Kier molecular flexibility index (Phi) is 6.61. The minimum Gasteiger partial charge on any atom is -0.507 e. The summed E-state index contributed by atoms with van der Waals surface area (Å²) in [5.74, 6) is 1.85. The zero-order chi connectivity index (χ0) is 21.3. The van der Waals surface area contributed by atoms with Gasteiger partial charge in [-0.2, -0.15) is 0 Å². The first-order valence-electron chi connectivity index (χ1n) is 11.4. The van der Waals surface area contributed by atoms with Crippen LogP contribution in [-0.2, 0) is 0 Å². The highest BCUT2D eigenvalue weighted by Gasteiger charge is 2.32. The average Bonchev–Trinajstić information content (AvgIpc) is 2.67. The van der Waals surface area contributed by atoms with E-state index in [1.165, 1.54) is 30.4 Å². The van der Waals surface area contributed by atoms with Crippen LogP contribution >= 0.6 is 0 Å². The third-order valence-electron chi connectivity index (χ3n) is 6.66. The number of phenols is 2. The summed E-state index contributed by atoms with van der Waals surface area (Å²) in [5, 5.41) is 22.6. The zero-order valence-electron chi connectivity index (χ0n) is 19.0. The quantitative estimate of drug-likeness (QED) is 0.546. The first-order valence-corrected chi connectivity index (χ1v) is 11.4. The summed E-state index contributed by atoms with van der Waals surface area (Å²) in [6.45, 7) is 12.8. The van der Waals surface area contributed by atoms with E-state index in [2.05, 4.69) is 65.8 Å². The molecular formula is C27H38O2. The van der Waals surface area contributed by atoms with E-state index in [-0.39, 0.29) is 17.8 Å². The van der Waals surface area contributed by atoms with Gasteiger partial charge in [0.1, 0.15) is 11.5 Å². The fourth-order valence-corrected chi connectivity index (χ4v) is 5.17. The fraction of sp³-hybridized carbons (Fsp3) is 0.556. The van der Waals surface area contributed by atoms with E-state index >= 15 is 0 Å². The van der Waals surface area contributed by atoms with Crippen LogP contribution in [-0.4, -0.2) is 10.2 Å². The third kappa shape index (κ3) is 4.47. The molecule has 0 radical (unpaired) electrons. The van der Waals surface area contributed by atoms with Crippen LogP contribution in [0.3, 0.4) is 0 Å². The second kappa shape index (κ2) is 8.81. The molecule has 158 valence electrons. The highest BCUT2D eigenvalue weighted by Crippen LogP contribution is 2.49. The summed E-state index contributed by atoms with van der Waals surface area (Å²) in [5.41, 5.74) is 6.37. The number of aromatic hydroxyl groups is 2. The predicted octanol–water partition coefficient (Wildman–Crippen LogP) is 7.67. The summed E-state index contributed by atoms with van der Waals surface area (Å²) < 4.78 is 0. The summed E-state index contributed by atoms with van der Waals surface area (Å²) in [4.78, 5) is 0. The summed E-state index contributed by atoms with van der Waals surface area (Å²) in [7, 11) is 0. The molecule has 2 N–H and O–H groups in total. The number of hydrogen-bond donors (Lipinski definition) is 2. The minimum atomic E-state index is 0.0325. The van der Waals surface area contributed by atoms with Crippen molar-refractivity contribution in [3.63, 3.8) is 0 Å². The van der Waals surface area contributed by atoms with Crippen LogP contribution in [0.25, 0.3) is 0 Å². The maximum atomic E-state index is 11.3. The van der Waals surface area contributed by atoms with Crippen LogP contribution in [0.5, 0.6) is 11.5 Å². The largest absolute Gasteiger partial charge is 0.507 e. The first-order chi connectivity index (χ1) is 13.7. The van der Waals surface area contributed by atoms with Gasteiger partial charge >= 0.3 is 0 Å². The third-order valence-corrected chi connectivity index (χ3v) is 6.66. The Hall–Kier alpha value is -1.96. The van der Waals surface area contributed by atoms with E-state index in [0.29, 0.717) is 17.4 Å². The molecule has 0 spiro atoms. The molecule has 0 bridgehead atoms. The molecule has 1 aliphatic rings. The molecule has 1 aliphatic carbocycles. The molecule has 0 saturated heterocycles. The van der Waals surface area contributed by atoms with Crippen molar-refractivity contribution < 1.29 is 10.2 Å². The lowest BCUT2D eigenvalue weighted by Crippen LogP contribution is -2.19. The lowest BCUT2D eigenvalue weighted by molar-refractivity contribution is 0.316. The highest BCUT2D eigenvalue weighted by molar-refractivity contribution is 5.55. The van der Waals surface area contributed by atoms with E-state index in [1.807, 2.05) is 0 Å². The number of rotatable bonds is 5. The van der Waals surface area contributed by atoms with Gasteiger partial charge < -0.3 is 10.2 Å². The summed E-state index contributed by atoms with van der Waals surface area (Å²) in [6, 6.07) is 8.52. The van der Waals surface area contributed by atoms with Gasteiger partial charge in [0.15, 0.2) is 0 Å². The molecule has 0 aromatic heterocycles. The van der Waals surface area contributed by atoms with Crippen LogP contribution in [0.1, 0.15) is 111 Å². The second-order valence-corrected chi connectivity index (χ2v) is 9.77. The highest BCUT2D eigenvalue weighted by atomic mass is 16.3. The molecule has 0 heterocycles. The Morgan fingerprint density at radius 3 is 1.41 bits per heavy atom. The van der Waals surface area contributed by atoms with E-state index in [4.69, 9.17) is 0 Å². The Balaban J connectivity index is 2.26. The van der Waals surface area contributed by atoms with E-state index in [9.17, 15) is 10.2 Å². The van der Waals surface area contributed by atoms with Gasteiger partial charge in [0, 0.05) is 17.0 Å². The van der Waals surface area contributed by atoms with Gasteiger partial charge in [0.05, 0.1) is 0 Å². The van der Waals surface area contributed by atoms with Crippen molar-refractivity contribution in [2.75, 3.05) is 0 Å². The Labute approximate surface area is 177 Å². The monoisotopic (exact) mass is 394 g/mol. The molecule has 0 unspecified atom stereocenters. The molecular weight excluding hydrogens is 356 g/mol. The van der Waals surface area contributed by atoms with Crippen LogP contribution in [0, 0.1) is 19.8 Å². The standard InChI is InChI=1S/C27H38O2/c1-16(2)21-12-18(5)14-23(26(21)28)25(20-10-8-7-9-11-20)24-15-19(6)13-22(17(3)4)27(24)29/h12-17,20,25,28-29H,7-11H2,1-6H3. The van der Waals surface area contributed by atoms with E-state index in [0.717, 1.165) is 35.1 Å². The number of hydrogen-bond acceptors (Lipinski definition) is 2. The zero-order valence-corrected chi connectivity index (χ0v) is 19.0. The van der Waals surface area contributed by atoms with Crippen LogP contribution in [0.15, 0.2) is 24.3 Å². The van der Waals surface area contributed by atoms with Gasteiger partial charge in [-0.05, 0) is 55.6 Å². The maximum absolute atomic E-state index is 11.3. The van der Waals surface area contributed by atoms with Gasteiger partial charge in [-0.25, -0.2) is 0 Å². The summed E-state index contributed by atoms with van der Waals surface area (Å²) in [6.07, 6.45) is 6.05. The van der Waals surface area contributed by atoms with Crippen LogP contribution < -0.4 is 0 Å². The predicted molar refractivity (Wildman–Crippen MR) is 122 cm³/mol. The van der Waals surface area contributed by atoms with Crippen molar-refractivity contribution in [3.05, 3.63) is 57.6 Å². The molecule has 0 aliphatic heterocycles. The average molecular weight is 395 g/mol. The van der Waals surface area contributed by atoms with Crippen molar-refractivity contribution in [2.24, 2.45) is 5.92 Å². The Morgan fingerprint density at radius 2 is 1.03 bits per heavy atom. The fourth-order valence-electron chi connectivity index (χ4n) is 5.17. The molecule has 2 aromatic rings. The van der Waals surface area contributed by atoms with Crippen molar-refractivity contribution in [2.45, 2.75) is 91.4 Å². The van der Waals surface area contributed by atoms with Gasteiger partial charge in [0.2, 0.25) is 0 Å². The molecule has 0 amide bonds. The minimum absolute atomic E-state index is 0.0325. The van der Waals surface area contributed by atoms with E-state index in [1.54, 1.807) is 0 Å². The van der Waals surface area contributed by atoms with Crippen molar-refractivity contribution >= 4 is 0 Å². The molecule has 2 heteroatoms. The van der Waals surface area contributed by atoms with Gasteiger partial charge in [-0.3, -0.25) is 0 Å².